The lowest BCUT2D eigenvalue weighted by atomic mass is 10.2. The van der Waals surface area contributed by atoms with E-state index in [9.17, 15) is 0 Å². The van der Waals surface area contributed by atoms with Crippen LogP contribution in [0.3, 0.4) is 0 Å². The highest BCUT2D eigenvalue weighted by atomic mass is 14.9. The van der Waals surface area contributed by atoms with Crippen molar-refractivity contribution in [3.8, 4) is 0 Å². The number of rotatable bonds is 3. The summed E-state index contributed by atoms with van der Waals surface area (Å²) in [7, 11) is 0. The molecule has 0 spiro atoms. The van der Waals surface area contributed by atoms with Gasteiger partial charge in [-0.15, -0.1) is 0 Å². The monoisotopic (exact) mass is 213 g/mol. The third-order valence-electron chi connectivity index (χ3n) is 2.36. The van der Waals surface area contributed by atoms with Gasteiger partial charge in [-0.05, 0) is 36.8 Å². The lowest BCUT2D eigenvalue weighted by Crippen LogP contribution is -2.00. The molecule has 3 heteroatoms. The van der Waals surface area contributed by atoms with E-state index >= 15 is 0 Å². The van der Waals surface area contributed by atoms with Crippen LogP contribution in [0.4, 0.5) is 11.4 Å². The fourth-order valence-electron chi connectivity index (χ4n) is 1.46. The lowest BCUT2D eigenvalue weighted by molar-refractivity contribution is 1.09. The summed E-state index contributed by atoms with van der Waals surface area (Å²) in [5.41, 5.74) is 9.69. The van der Waals surface area contributed by atoms with Gasteiger partial charge in [-0.25, -0.2) is 0 Å². The molecule has 3 nitrogen and oxygen atoms in total. The Morgan fingerprint density at radius 1 is 1.25 bits per heavy atom. The molecular formula is C13H15N3. The van der Waals surface area contributed by atoms with E-state index in [1.54, 1.807) is 0 Å². The molecule has 0 fully saturated rings. The molecule has 1 aromatic heterocycles. The fraction of sp³-hybridized carbons (Fsp3) is 0.154. The van der Waals surface area contributed by atoms with Crippen LogP contribution in [0.5, 0.6) is 0 Å². The number of aryl methyl sites for hydroxylation is 1. The van der Waals surface area contributed by atoms with E-state index in [-0.39, 0.29) is 0 Å². The third-order valence-corrected chi connectivity index (χ3v) is 2.36. The van der Waals surface area contributed by atoms with E-state index in [1.165, 1.54) is 0 Å². The van der Waals surface area contributed by atoms with Gasteiger partial charge in [0, 0.05) is 29.8 Å². The summed E-state index contributed by atoms with van der Waals surface area (Å²) in [5, 5.41) is 3.30. The van der Waals surface area contributed by atoms with Gasteiger partial charge in [0.2, 0.25) is 0 Å². The Balaban J connectivity index is 1.99. The molecule has 0 aliphatic heterocycles. The second kappa shape index (κ2) is 4.66. The van der Waals surface area contributed by atoms with Crippen LogP contribution in [0.15, 0.2) is 42.6 Å². The van der Waals surface area contributed by atoms with Crippen LogP contribution in [-0.4, -0.2) is 4.98 Å². The van der Waals surface area contributed by atoms with Crippen molar-refractivity contribution in [2.45, 2.75) is 13.5 Å². The van der Waals surface area contributed by atoms with E-state index in [4.69, 9.17) is 5.73 Å². The highest BCUT2D eigenvalue weighted by Crippen LogP contribution is 2.12. The van der Waals surface area contributed by atoms with Crippen LogP contribution in [0.1, 0.15) is 11.3 Å². The molecule has 0 amide bonds. The molecule has 82 valence electrons. The molecule has 1 aromatic carbocycles. The van der Waals surface area contributed by atoms with E-state index in [0.29, 0.717) is 0 Å². The minimum Gasteiger partial charge on any atom is -0.399 e. The summed E-state index contributed by atoms with van der Waals surface area (Å²) in [6.45, 7) is 2.74. The summed E-state index contributed by atoms with van der Waals surface area (Å²) < 4.78 is 0. The SMILES string of the molecule is Cc1ccc(CNc2cccc(N)c2)cn1. The number of hydrogen-bond acceptors (Lipinski definition) is 3. The number of nitrogens with two attached hydrogens (primary N) is 1. The largest absolute Gasteiger partial charge is 0.399 e. The van der Waals surface area contributed by atoms with Gasteiger partial charge in [-0.2, -0.15) is 0 Å². The minimum atomic E-state index is 0.761. The normalized spacial score (nSPS) is 10.1. The Morgan fingerprint density at radius 3 is 2.81 bits per heavy atom. The van der Waals surface area contributed by atoms with Crippen LogP contribution in [-0.2, 0) is 6.54 Å². The van der Waals surface area contributed by atoms with Crippen molar-refractivity contribution in [2.75, 3.05) is 11.1 Å². The summed E-state index contributed by atoms with van der Waals surface area (Å²) in [4.78, 5) is 4.24. The Hall–Kier alpha value is -2.03. The molecule has 2 aromatic rings. The van der Waals surface area contributed by atoms with E-state index in [1.807, 2.05) is 43.5 Å². The maximum absolute atomic E-state index is 5.70. The second-order valence-electron chi connectivity index (χ2n) is 3.79. The number of benzene rings is 1. The molecule has 2 rings (SSSR count). The summed E-state index contributed by atoms with van der Waals surface area (Å²) in [6.07, 6.45) is 1.88. The summed E-state index contributed by atoms with van der Waals surface area (Å²) in [5.74, 6) is 0. The van der Waals surface area contributed by atoms with Gasteiger partial charge in [0.25, 0.3) is 0 Å². The van der Waals surface area contributed by atoms with Crippen LogP contribution in [0.2, 0.25) is 0 Å². The molecule has 0 aliphatic carbocycles. The van der Waals surface area contributed by atoms with Crippen molar-refractivity contribution in [1.29, 1.82) is 0 Å². The highest BCUT2D eigenvalue weighted by molar-refractivity contribution is 5.54. The number of aromatic nitrogens is 1. The smallest absolute Gasteiger partial charge is 0.0416 e. The van der Waals surface area contributed by atoms with Crippen LogP contribution >= 0.6 is 0 Å². The zero-order chi connectivity index (χ0) is 11.4. The Kier molecular flexibility index (Phi) is 3.05. The van der Waals surface area contributed by atoms with E-state index in [2.05, 4.69) is 16.4 Å². The standard InChI is InChI=1S/C13H15N3/c1-10-5-6-11(8-15-10)9-16-13-4-2-3-12(14)7-13/h2-8,16H,9,14H2,1H3. The predicted octanol–water partition coefficient (Wildman–Crippen LogP) is 2.58. The summed E-state index contributed by atoms with van der Waals surface area (Å²) in [6, 6.07) is 11.8. The fourth-order valence-corrected chi connectivity index (χ4v) is 1.46. The number of anilines is 2. The van der Waals surface area contributed by atoms with Crippen molar-refractivity contribution in [3.05, 3.63) is 53.9 Å². The topological polar surface area (TPSA) is 50.9 Å². The molecule has 0 unspecified atom stereocenters. The van der Waals surface area contributed by atoms with Gasteiger partial charge < -0.3 is 11.1 Å². The van der Waals surface area contributed by atoms with Gasteiger partial charge in [-0.1, -0.05) is 12.1 Å². The molecule has 0 aliphatic rings. The van der Waals surface area contributed by atoms with Gasteiger partial charge in [-0.3, -0.25) is 4.98 Å². The average molecular weight is 213 g/mol. The highest BCUT2D eigenvalue weighted by Gasteiger charge is 1.95. The number of nitrogens with one attached hydrogen (secondary N) is 1. The first-order chi connectivity index (χ1) is 7.74. The molecule has 16 heavy (non-hydrogen) atoms. The van der Waals surface area contributed by atoms with Crippen molar-refractivity contribution in [3.63, 3.8) is 0 Å². The summed E-state index contributed by atoms with van der Waals surface area (Å²) >= 11 is 0. The maximum Gasteiger partial charge on any atom is 0.0416 e. The zero-order valence-corrected chi connectivity index (χ0v) is 9.27. The Labute approximate surface area is 95.3 Å². The molecule has 0 radical (unpaired) electrons. The second-order valence-corrected chi connectivity index (χ2v) is 3.79. The predicted molar refractivity (Wildman–Crippen MR) is 67.2 cm³/mol. The third kappa shape index (κ3) is 2.73. The Bertz CT molecular complexity index is 463. The number of hydrogen-bond donors (Lipinski definition) is 2. The van der Waals surface area contributed by atoms with Gasteiger partial charge >= 0.3 is 0 Å². The number of nitrogen functional groups attached to an aromatic ring is 1. The van der Waals surface area contributed by atoms with Crippen LogP contribution in [0, 0.1) is 6.92 Å². The quantitative estimate of drug-likeness (QED) is 0.770. The molecule has 0 saturated heterocycles. The minimum absolute atomic E-state index is 0.761. The first-order valence-corrected chi connectivity index (χ1v) is 5.25. The van der Waals surface area contributed by atoms with E-state index < -0.39 is 0 Å². The Morgan fingerprint density at radius 2 is 2.12 bits per heavy atom. The lowest BCUT2D eigenvalue weighted by Gasteiger charge is -2.06. The van der Waals surface area contributed by atoms with E-state index in [0.717, 1.165) is 29.2 Å². The van der Waals surface area contributed by atoms with Crippen molar-refractivity contribution in [1.82, 2.24) is 4.98 Å². The molecule has 0 atom stereocenters. The maximum atomic E-state index is 5.70. The number of nitrogens with zero attached hydrogens (tertiary/aromatic N) is 1. The van der Waals surface area contributed by atoms with Gasteiger partial charge in [0.05, 0.1) is 0 Å². The van der Waals surface area contributed by atoms with Crippen LogP contribution in [0.25, 0.3) is 0 Å². The molecular weight excluding hydrogens is 198 g/mol. The first-order valence-electron chi connectivity index (χ1n) is 5.25. The molecule has 3 N–H and O–H groups in total. The zero-order valence-electron chi connectivity index (χ0n) is 9.27. The van der Waals surface area contributed by atoms with Crippen LogP contribution < -0.4 is 11.1 Å². The number of pyridine rings is 1. The molecule has 1 heterocycles. The van der Waals surface area contributed by atoms with Crippen molar-refractivity contribution >= 4 is 11.4 Å². The van der Waals surface area contributed by atoms with Crippen molar-refractivity contribution < 1.29 is 0 Å². The molecule has 0 bridgehead atoms. The first kappa shape index (κ1) is 10.5. The van der Waals surface area contributed by atoms with Gasteiger partial charge in [0.1, 0.15) is 0 Å². The average Bonchev–Trinajstić information content (AvgIpc) is 2.28. The molecule has 0 saturated carbocycles. The van der Waals surface area contributed by atoms with Gasteiger partial charge in [0.15, 0.2) is 0 Å². The van der Waals surface area contributed by atoms with Crippen molar-refractivity contribution in [2.24, 2.45) is 0 Å².